The van der Waals surface area contributed by atoms with Crippen molar-refractivity contribution in [1.29, 1.82) is 0 Å². The fourth-order valence-electron chi connectivity index (χ4n) is 2.44. The van der Waals surface area contributed by atoms with Crippen LogP contribution in [-0.2, 0) is 10.2 Å². The predicted molar refractivity (Wildman–Crippen MR) is 54.1 cm³/mol. The average molecular weight is 190 g/mol. The first-order valence-electron chi connectivity index (χ1n) is 4.87. The van der Waals surface area contributed by atoms with Crippen molar-refractivity contribution < 1.29 is 9.90 Å². The van der Waals surface area contributed by atoms with E-state index in [4.69, 9.17) is 5.11 Å². The number of hydrogen-bond acceptors (Lipinski definition) is 1. The van der Waals surface area contributed by atoms with Crippen LogP contribution in [0.3, 0.4) is 0 Å². The SMILES string of the molecule is C[C@H]1[C@@H](C(=O)O)C1(C)c1ccccc1. The van der Waals surface area contributed by atoms with E-state index in [2.05, 4.69) is 0 Å². The summed E-state index contributed by atoms with van der Waals surface area (Å²) in [5.74, 6) is -0.656. The van der Waals surface area contributed by atoms with E-state index in [1.807, 2.05) is 44.2 Å². The van der Waals surface area contributed by atoms with Crippen molar-refractivity contribution in [1.82, 2.24) is 0 Å². The van der Waals surface area contributed by atoms with E-state index < -0.39 is 5.97 Å². The third-order valence-electron chi connectivity index (χ3n) is 3.64. The lowest BCUT2D eigenvalue weighted by atomic mass is 9.94. The van der Waals surface area contributed by atoms with Crippen LogP contribution in [0.25, 0.3) is 0 Å². The average Bonchev–Trinajstić information content (AvgIpc) is 2.72. The molecule has 14 heavy (non-hydrogen) atoms. The van der Waals surface area contributed by atoms with Gasteiger partial charge in [0, 0.05) is 5.41 Å². The molecule has 0 radical (unpaired) electrons. The lowest BCUT2D eigenvalue weighted by Crippen LogP contribution is -2.10. The fourth-order valence-corrected chi connectivity index (χ4v) is 2.44. The second kappa shape index (κ2) is 2.84. The fraction of sp³-hybridized carbons (Fsp3) is 0.417. The van der Waals surface area contributed by atoms with Gasteiger partial charge >= 0.3 is 5.97 Å². The van der Waals surface area contributed by atoms with Crippen molar-refractivity contribution in [2.45, 2.75) is 19.3 Å². The third-order valence-corrected chi connectivity index (χ3v) is 3.64. The molecule has 1 fully saturated rings. The molecule has 3 atom stereocenters. The number of benzene rings is 1. The number of rotatable bonds is 2. The largest absolute Gasteiger partial charge is 0.481 e. The minimum Gasteiger partial charge on any atom is -0.481 e. The molecule has 0 spiro atoms. The van der Waals surface area contributed by atoms with Gasteiger partial charge in [0.2, 0.25) is 0 Å². The van der Waals surface area contributed by atoms with Crippen molar-refractivity contribution in [3.63, 3.8) is 0 Å². The summed E-state index contributed by atoms with van der Waals surface area (Å²) in [7, 11) is 0. The van der Waals surface area contributed by atoms with Crippen molar-refractivity contribution in [2.75, 3.05) is 0 Å². The van der Waals surface area contributed by atoms with Crippen LogP contribution in [0.1, 0.15) is 19.4 Å². The van der Waals surface area contributed by atoms with Crippen molar-refractivity contribution >= 4 is 5.97 Å². The normalized spacial score (nSPS) is 35.3. The van der Waals surface area contributed by atoms with Gasteiger partial charge in [-0.25, -0.2) is 0 Å². The Morgan fingerprint density at radius 1 is 1.36 bits per heavy atom. The summed E-state index contributed by atoms with van der Waals surface area (Å²) in [4.78, 5) is 11.0. The minimum absolute atomic E-state index is 0.160. The first kappa shape index (κ1) is 9.25. The van der Waals surface area contributed by atoms with Crippen molar-refractivity contribution in [3.8, 4) is 0 Å². The van der Waals surface area contributed by atoms with Crippen LogP contribution in [0, 0.1) is 11.8 Å². The predicted octanol–water partition coefficient (Wildman–Crippen LogP) is 2.29. The first-order chi connectivity index (χ1) is 6.58. The zero-order valence-electron chi connectivity index (χ0n) is 8.40. The van der Waals surface area contributed by atoms with Gasteiger partial charge in [0.15, 0.2) is 0 Å². The molecular weight excluding hydrogens is 176 g/mol. The molecule has 1 saturated carbocycles. The summed E-state index contributed by atoms with van der Waals surface area (Å²) in [6.45, 7) is 4.04. The number of carboxylic acids is 1. The molecule has 2 heteroatoms. The van der Waals surface area contributed by atoms with Gasteiger partial charge in [-0.05, 0) is 11.5 Å². The molecule has 1 N–H and O–H groups in total. The van der Waals surface area contributed by atoms with Crippen LogP contribution in [0.4, 0.5) is 0 Å². The Kier molecular flexibility index (Phi) is 1.88. The van der Waals surface area contributed by atoms with Gasteiger partial charge in [-0.2, -0.15) is 0 Å². The summed E-state index contributed by atoms with van der Waals surface area (Å²) >= 11 is 0. The Morgan fingerprint density at radius 2 is 1.93 bits per heavy atom. The number of carboxylic acid groups (broad SMARTS) is 1. The Bertz CT molecular complexity index is 358. The zero-order chi connectivity index (χ0) is 10.3. The molecule has 1 unspecified atom stereocenters. The van der Waals surface area contributed by atoms with Gasteiger partial charge in [-0.15, -0.1) is 0 Å². The first-order valence-corrected chi connectivity index (χ1v) is 4.87. The summed E-state index contributed by atoms with van der Waals surface area (Å²) in [6, 6.07) is 9.91. The van der Waals surface area contributed by atoms with E-state index in [1.54, 1.807) is 0 Å². The molecule has 1 aromatic carbocycles. The number of aliphatic carboxylic acids is 1. The van der Waals surface area contributed by atoms with Crippen LogP contribution >= 0.6 is 0 Å². The Labute approximate surface area is 83.6 Å². The molecule has 1 aliphatic carbocycles. The highest BCUT2D eigenvalue weighted by Gasteiger charge is 2.63. The summed E-state index contributed by atoms with van der Waals surface area (Å²) in [5.41, 5.74) is 0.979. The Balaban J connectivity index is 2.33. The van der Waals surface area contributed by atoms with Crippen molar-refractivity contribution in [2.24, 2.45) is 11.8 Å². The van der Waals surface area contributed by atoms with Gasteiger partial charge in [0.05, 0.1) is 5.92 Å². The second-order valence-electron chi connectivity index (χ2n) is 4.25. The monoisotopic (exact) mass is 190 g/mol. The van der Waals surface area contributed by atoms with Gasteiger partial charge in [0.1, 0.15) is 0 Å². The highest BCUT2D eigenvalue weighted by molar-refractivity contribution is 5.78. The molecule has 0 heterocycles. The van der Waals surface area contributed by atoms with E-state index in [0.717, 1.165) is 5.56 Å². The van der Waals surface area contributed by atoms with Crippen LogP contribution < -0.4 is 0 Å². The maximum Gasteiger partial charge on any atom is 0.307 e. The molecule has 74 valence electrons. The van der Waals surface area contributed by atoms with Crippen molar-refractivity contribution in [3.05, 3.63) is 35.9 Å². The summed E-state index contributed by atoms with van der Waals surface area (Å²) in [6.07, 6.45) is 0. The summed E-state index contributed by atoms with van der Waals surface area (Å²) in [5, 5.41) is 9.02. The molecule has 0 amide bonds. The van der Waals surface area contributed by atoms with E-state index in [1.165, 1.54) is 0 Å². The van der Waals surface area contributed by atoms with E-state index in [-0.39, 0.29) is 17.3 Å². The van der Waals surface area contributed by atoms with Crippen LogP contribution in [0.15, 0.2) is 30.3 Å². The molecule has 2 nitrogen and oxygen atoms in total. The van der Waals surface area contributed by atoms with Gasteiger partial charge in [-0.1, -0.05) is 44.2 Å². The van der Waals surface area contributed by atoms with E-state index in [0.29, 0.717) is 0 Å². The highest BCUT2D eigenvalue weighted by atomic mass is 16.4. The Hall–Kier alpha value is -1.31. The smallest absolute Gasteiger partial charge is 0.307 e. The van der Waals surface area contributed by atoms with E-state index >= 15 is 0 Å². The molecule has 2 rings (SSSR count). The number of carbonyl (C=O) groups is 1. The van der Waals surface area contributed by atoms with Gasteiger partial charge in [0.25, 0.3) is 0 Å². The van der Waals surface area contributed by atoms with Gasteiger partial charge < -0.3 is 5.11 Å². The molecule has 1 aromatic rings. The zero-order valence-corrected chi connectivity index (χ0v) is 8.40. The topological polar surface area (TPSA) is 37.3 Å². The molecule has 0 aromatic heterocycles. The highest BCUT2D eigenvalue weighted by Crippen LogP contribution is 2.59. The standard InChI is InChI=1S/C12H14O2/c1-8-10(11(13)14)12(8,2)9-6-4-3-5-7-9/h3-8,10H,1-2H3,(H,13,14)/t8-,10-,12?/m0/s1. The second-order valence-corrected chi connectivity index (χ2v) is 4.25. The molecule has 0 saturated heterocycles. The van der Waals surface area contributed by atoms with Crippen LogP contribution in [0.2, 0.25) is 0 Å². The lowest BCUT2D eigenvalue weighted by molar-refractivity contribution is -0.139. The maximum absolute atomic E-state index is 11.0. The Morgan fingerprint density at radius 3 is 2.36 bits per heavy atom. The number of hydrogen-bond donors (Lipinski definition) is 1. The van der Waals surface area contributed by atoms with Gasteiger partial charge in [-0.3, -0.25) is 4.79 Å². The maximum atomic E-state index is 11.0. The molecular formula is C12H14O2. The molecule has 1 aliphatic rings. The quantitative estimate of drug-likeness (QED) is 0.776. The third kappa shape index (κ3) is 1.07. The minimum atomic E-state index is -0.677. The summed E-state index contributed by atoms with van der Waals surface area (Å²) < 4.78 is 0. The van der Waals surface area contributed by atoms with E-state index in [9.17, 15) is 4.79 Å². The molecule has 0 aliphatic heterocycles. The van der Waals surface area contributed by atoms with Crippen LogP contribution in [0.5, 0.6) is 0 Å². The lowest BCUT2D eigenvalue weighted by Gasteiger charge is -2.10. The van der Waals surface area contributed by atoms with Crippen LogP contribution in [-0.4, -0.2) is 11.1 Å². The molecule has 0 bridgehead atoms.